The minimum absolute atomic E-state index is 0.370. The van der Waals surface area contributed by atoms with Crippen LogP contribution in [0.4, 0.5) is 0 Å². The summed E-state index contributed by atoms with van der Waals surface area (Å²) < 4.78 is 0. The molecular formula is C13H25NS. The summed E-state index contributed by atoms with van der Waals surface area (Å²) in [6.45, 7) is 4.69. The molecule has 2 saturated carbocycles. The third-order valence-electron chi connectivity index (χ3n) is 4.28. The summed E-state index contributed by atoms with van der Waals surface area (Å²) >= 11 is 2.21. The smallest absolute Gasteiger partial charge is 0.0211 e. The Bertz CT molecular complexity index is 209. The molecule has 15 heavy (non-hydrogen) atoms. The van der Waals surface area contributed by atoms with Gasteiger partial charge in [-0.2, -0.15) is 11.8 Å². The first-order valence-electron chi connectivity index (χ1n) is 6.51. The largest absolute Gasteiger partial charge is 0.326 e. The van der Waals surface area contributed by atoms with Crippen LogP contribution in [0.15, 0.2) is 0 Å². The van der Waals surface area contributed by atoms with Gasteiger partial charge in [-0.05, 0) is 31.1 Å². The van der Waals surface area contributed by atoms with Gasteiger partial charge in [0.1, 0.15) is 0 Å². The lowest BCUT2D eigenvalue weighted by Gasteiger charge is -2.42. The molecule has 0 saturated heterocycles. The van der Waals surface area contributed by atoms with Crippen molar-refractivity contribution in [3.8, 4) is 0 Å². The van der Waals surface area contributed by atoms with Crippen LogP contribution in [0.25, 0.3) is 0 Å². The van der Waals surface area contributed by atoms with Gasteiger partial charge in [-0.3, -0.25) is 0 Å². The van der Waals surface area contributed by atoms with E-state index in [9.17, 15) is 0 Å². The summed E-state index contributed by atoms with van der Waals surface area (Å²) in [5.74, 6) is 0. The quantitative estimate of drug-likeness (QED) is 0.780. The van der Waals surface area contributed by atoms with Crippen molar-refractivity contribution < 1.29 is 0 Å². The Morgan fingerprint density at radius 2 is 1.73 bits per heavy atom. The molecular weight excluding hydrogens is 202 g/mol. The van der Waals surface area contributed by atoms with Crippen molar-refractivity contribution >= 4 is 11.8 Å². The summed E-state index contributed by atoms with van der Waals surface area (Å²) in [4.78, 5) is 0. The Kier molecular flexibility index (Phi) is 3.67. The van der Waals surface area contributed by atoms with Gasteiger partial charge in [-0.15, -0.1) is 0 Å². The SMILES string of the molecule is CC1(C)CCCC(SC2CCCC2)C1N. The van der Waals surface area contributed by atoms with Crippen molar-refractivity contribution in [3.63, 3.8) is 0 Å². The highest BCUT2D eigenvalue weighted by molar-refractivity contribution is 8.00. The second-order valence-electron chi connectivity index (χ2n) is 5.99. The van der Waals surface area contributed by atoms with Gasteiger partial charge in [-0.1, -0.05) is 33.1 Å². The predicted molar refractivity (Wildman–Crippen MR) is 69.2 cm³/mol. The van der Waals surface area contributed by atoms with Crippen LogP contribution in [-0.2, 0) is 0 Å². The van der Waals surface area contributed by atoms with Gasteiger partial charge >= 0.3 is 0 Å². The average molecular weight is 227 g/mol. The van der Waals surface area contributed by atoms with Gasteiger partial charge < -0.3 is 5.73 Å². The molecule has 0 aromatic heterocycles. The molecule has 2 atom stereocenters. The van der Waals surface area contributed by atoms with Crippen LogP contribution < -0.4 is 5.73 Å². The zero-order valence-corrected chi connectivity index (χ0v) is 11.0. The van der Waals surface area contributed by atoms with E-state index in [4.69, 9.17) is 5.73 Å². The van der Waals surface area contributed by atoms with Gasteiger partial charge in [0, 0.05) is 16.5 Å². The summed E-state index contributed by atoms with van der Waals surface area (Å²) in [6.07, 6.45) is 9.82. The molecule has 88 valence electrons. The molecule has 0 bridgehead atoms. The van der Waals surface area contributed by atoms with E-state index in [1.165, 1.54) is 44.9 Å². The summed E-state index contributed by atoms with van der Waals surface area (Å²) in [6, 6.07) is 0.414. The fraction of sp³-hybridized carbons (Fsp3) is 1.00. The highest BCUT2D eigenvalue weighted by Gasteiger charge is 2.37. The normalized spacial score (nSPS) is 37.0. The molecule has 0 radical (unpaired) electrons. The fourth-order valence-corrected chi connectivity index (χ4v) is 4.97. The van der Waals surface area contributed by atoms with Crippen LogP contribution in [-0.4, -0.2) is 16.5 Å². The molecule has 0 aromatic carbocycles. The zero-order chi connectivity index (χ0) is 10.9. The number of thioether (sulfide) groups is 1. The lowest BCUT2D eigenvalue weighted by atomic mass is 9.73. The van der Waals surface area contributed by atoms with E-state index in [-0.39, 0.29) is 0 Å². The second kappa shape index (κ2) is 4.67. The van der Waals surface area contributed by atoms with E-state index < -0.39 is 0 Å². The Balaban J connectivity index is 1.90. The average Bonchev–Trinajstić information content (AvgIpc) is 2.65. The molecule has 2 fully saturated rings. The Labute approximate surface area is 98.6 Å². The third kappa shape index (κ3) is 2.71. The predicted octanol–water partition coefficient (Wildman–Crippen LogP) is 3.57. The number of rotatable bonds is 2. The Hall–Kier alpha value is 0.310. The topological polar surface area (TPSA) is 26.0 Å². The molecule has 2 aliphatic carbocycles. The van der Waals surface area contributed by atoms with Crippen molar-refractivity contribution in [2.45, 2.75) is 75.3 Å². The summed E-state index contributed by atoms with van der Waals surface area (Å²) in [5, 5.41) is 1.66. The molecule has 2 aliphatic rings. The van der Waals surface area contributed by atoms with Crippen LogP contribution >= 0.6 is 11.8 Å². The van der Waals surface area contributed by atoms with Crippen LogP contribution in [0.3, 0.4) is 0 Å². The number of hydrogen-bond acceptors (Lipinski definition) is 2. The fourth-order valence-electron chi connectivity index (χ4n) is 3.03. The molecule has 0 heterocycles. The van der Waals surface area contributed by atoms with Gasteiger partial charge in [0.05, 0.1) is 0 Å². The van der Waals surface area contributed by atoms with Gasteiger partial charge in [0.25, 0.3) is 0 Å². The second-order valence-corrected chi connectivity index (χ2v) is 7.53. The Morgan fingerprint density at radius 1 is 1.07 bits per heavy atom. The lowest BCUT2D eigenvalue weighted by Crippen LogP contribution is -2.48. The third-order valence-corrected chi connectivity index (χ3v) is 6.02. The van der Waals surface area contributed by atoms with Crippen molar-refractivity contribution in [1.29, 1.82) is 0 Å². The monoisotopic (exact) mass is 227 g/mol. The molecule has 0 aromatic rings. The van der Waals surface area contributed by atoms with Gasteiger partial charge in [0.15, 0.2) is 0 Å². The standard InChI is InChI=1S/C13H25NS/c1-13(2)9-5-8-11(12(13)14)15-10-6-3-4-7-10/h10-12H,3-9,14H2,1-2H3. The molecule has 0 spiro atoms. The zero-order valence-electron chi connectivity index (χ0n) is 10.2. The summed E-state index contributed by atoms with van der Waals surface area (Å²) in [5.41, 5.74) is 6.78. The van der Waals surface area contributed by atoms with E-state index >= 15 is 0 Å². The van der Waals surface area contributed by atoms with Gasteiger partial charge in [0.2, 0.25) is 0 Å². The first kappa shape index (κ1) is 11.8. The molecule has 0 aliphatic heterocycles. The van der Waals surface area contributed by atoms with E-state index in [0.717, 1.165) is 10.5 Å². The maximum atomic E-state index is 6.41. The molecule has 1 nitrogen and oxygen atoms in total. The highest BCUT2D eigenvalue weighted by Crippen LogP contribution is 2.43. The van der Waals surface area contributed by atoms with E-state index in [1.807, 2.05) is 0 Å². The lowest BCUT2D eigenvalue weighted by molar-refractivity contribution is 0.208. The van der Waals surface area contributed by atoms with Crippen LogP contribution in [0.5, 0.6) is 0 Å². The molecule has 0 amide bonds. The van der Waals surface area contributed by atoms with E-state index in [0.29, 0.717) is 11.5 Å². The van der Waals surface area contributed by atoms with Gasteiger partial charge in [-0.25, -0.2) is 0 Å². The maximum Gasteiger partial charge on any atom is 0.0211 e. The molecule has 2 N–H and O–H groups in total. The van der Waals surface area contributed by atoms with Crippen LogP contribution in [0.2, 0.25) is 0 Å². The Morgan fingerprint density at radius 3 is 2.40 bits per heavy atom. The van der Waals surface area contributed by atoms with Crippen LogP contribution in [0.1, 0.15) is 58.8 Å². The first-order valence-corrected chi connectivity index (χ1v) is 7.45. The molecule has 2 heteroatoms. The number of hydrogen-bond donors (Lipinski definition) is 1. The molecule has 2 rings (SSSR count). The summed E-state index contributed by atoms with van der Waals surface area (Å²) in [7, 11) is 0. The maximum absolute atomic E-state index is 6.41. The van der Waals surface area contributed by atoms with Crippen molar-refractivity contribution in [1.82, 2.24) is 0 Å². The highest BCUT2D eigenvalue weighted by atomic mass is 32.2. The minimum atomic E-state index is 0.370. The van der Waals surface area contributed by atoms with Crippen molar-refractivity contribution in [3.05, 3.63) is 0 Å². The molecule has 2 unspecified atom stereocenters. The van der Waals surface area contributed by atoms with Crippen molar-refractivity contribution in [2.75, 3.05) is 0 Å². The van der Waals surface area contributed by atoms with E-state index in [1.54, 1.807) is 0 Å². The van der Waals surface area contributed by atoms with Crippen molar-refractivity contribution in [2.24, 2.45) is 11.1 Å². The first-order chi connectivity index (χ1) is 7.09. The minimum Gasteiger partial charge on any atom is -0.326 e. The van der Waals surface area contributed by atoms with E-state index in [2.05, 4.69) is 25.6 Å². The van der Waals surface area contributed by atoms with Crippen LogP contribution in [0, 0.1) is 5.41 Å². The number of nitrogens with two attached hydrogens (primary N) is 1.